The van der Waals surface area contributed by atoms with Crippen LogP contribution in [0.2, 0.25) is 0 Å². The maximum Gasteiger partial charge on any atom is 0.472 e. The molecule has 17 nitrogen and oxygen atoms in total. The van der Waals surface area contributed by atoms with E-state index >= 15 is 0 Å². The van der Waals surface area contributed by atoms with E-state index in [0.29, 0.717) is 25.7 Å². The summed E-state index contributed by atoms with van der Waals surface area (Å²) in [6.07, 6.45) is 56.8. The molecule has 3 N–H and O–H groups in total. The molecule has 7 atom stereocenters. The van der Waals surface area contributed by atoms with Gasteiger partial charge in [0.2, 0.25) is 0 Å². The summed E-state index contributed by atoms with van der Waals surface area (Å²) in [7, 11) is -9.92. The fourth-order valence-electron chi connectivity index (χ4n) is 12.4. The normalized spacial score (nSPS) is 14.6. The Kier molecular flexibility index (Phi) is 68.7. The maximum atomic E-state index is 13.1. The van der Waals surface area contributed by atoms with E-state index in [4.69, 9.17) is 37.0 Å². The van der Waals surface area contributed by atoms with Crippen LogP contribution < -0.4 is 0 Å². The van der Waals surface area contributed by atoms with Crippen molar-refractivity contribution in [2.24, 2.45) is 23.7 Å². The molecule has 0 amide bonds. The number of phosphoric ester groups is 2. The number of hydrogen-bond donors (Lipinski definition) is 3. The predicted molar refractivity (Wildman–Crippen MR) is 409 cm³/mol. The third kappa shape index (κ3) is 71.7. The highest BCUT2D eigenvalue weighted by atomic mass is 31.2. The van der Waals surface area contributed by atoms with Crippen LogP contribution in [0.15, 0.2) is 0 Å². The molecule has 594 valence electrons. The molecule has 0 saturated carbocycles. The lowest BCUT2D eigenvalue weighted by molar-refractivity contribution is -0.161. The lowest BCUT2D eigenvalue weighted by Gasteiger charge is -2.21. The second-order valence-electron chi connectivity index (χ2n) is 30.6. The summed E-state index contributed by atoms with van der Waals surface area (Å²) < 4.78 is 68.7. The molecule has 0 radical (unpaired) electrons. The molecular formula is C81H158O17P2. The van der Waals surface area contributed by atoms with Crippen LogP contribution in [0.4, 0.5) is 0 Å². The third-order valence-corrected chi connectivity index (χ3v) is 21.4. The lowest BCUT2D eigenvalue weighted by Crippen LogP contribution is -2.30. The van der Waals surface area contributed by atoms with Gasteiger partial charge in [0, 0.05) is 25.7 Å². The van der Waals surface area contributed by atoms with Gasteiger partial charge in [-0.15, -0.1) is 0 Å². The van der Waals surface area contributed by atoms with Gasteiger partial charge >= 0.3 is 39.5 Å². The number of rotatable bonds is 78. The predicted octanol–water partition coefficient (Wildman–Crippen LogP) is 24.0. The fraction of sp³-hybridized carbons (Fsp3) is 0.951. The first-order valence-electron chi connectivity index (χ1n) is 41.8. The highest BCUT2D eigenvalue weighted by Gasteiger charge is 2.30. The number of aliphatic hydroxyl groups excluding tert-OH is 1. The van der Waals surface area contributed by atoms with Crippen molar-refractivity contribution in [2.75, 3.05) is 39.6 Å². The Labute approximate surface area is 613 Å². The van der Waals surface area contributed by atoms with E-state index in [0.717, 1.165) is 120 Å². The number of esters is 4. The van der Waals surface area contributed by atoms with Crippen molar-refractivity contribution in [2.45, 2.75) is 433 Å². The number of hydrogen-bond acceptors (Lipinski definition) is 15. The zero-order valence-corrected chi connectivity index (χ0v) is 67.6. The summed E-state index contributed by atoms with van der Waals surface area (Å²) in [4.78, 5) is 73.0. The Morgan fingerprint density at radius 3 is 0.710 bits per heavy atom. The lowest BCUT2D eigenvalue weighted by atomic mass is 9.99. The van der Waals surface area contributed by atoms with Gasteiger partial charge in [0.05, 0.1) is 26.4 Å². The maximum absolute atomic E-state index is 13.1. The number of ether oxygens (including phenoxy) is 4. The summed E-state index contributed by atoms with van der Waals surface area (Å²) in [5.41, 5.74) is 0. The SMILES string of the molecule is CCC(C)CCCCCCCCCCCCC(=O)O[C@H](COC(=O)CCCCCCCCCCCCCCCCCCC(C)C)COP(=O)(O)OC[C@@H](O)COP(=O)(O)OC[C@@H](COC(=O)CCCCCCCCC(C)CC)OC(=O)CCCCCCCCCCCCCCCCC(C)C. The molecule has 0 aliphatic rings. The van der Waals surface area contributed by atoms with Gasteiger partial charge in [0.1, 0.15) is 19.3 Å². The van der Waals surface area contributed by atoms with Crippen LogP contribution in [-0.4, -0.2) is 96.7 Å². The minimum Gasteiger partial charge on any atom is -0.462 e. The smallest absolute Gasteiger partial charge is 0.462 e. The molecule has 0 fully saturated rings. The van der Waals surface area contributed by atoms with E-state index in [1.165, 1.54) is 212 Å². The number of carbonyl (C=O) groups excluding carboxylic acids is 4. The van der Waals surface area contributed by atoms with E-state index < -0.39 is 97.5 Å². The molecule has 0 saturated heterocycles. The fourth-order valence-corrected chi connectivity index (χ4v) is 13.9. The van der Waals surface area contributed by atoms with E-state index in [9.17, 15) is 43.2 Å². The van der Waals surface area contributed by atoms with Gasteiger partial charge in [-0.1, -0.05) is 364 Å². The van der Waals surface area contributed by atoms with Crippen LogP contribution in [0.3, 0.4) is 0 Å². The molecule has 0 spiro atoms. The number of unbranched alkanes of at least 4 members (excludes halogenated alkanes) is 42. The molecule has 19 heteroatoms. The summed E-state index contributed by atoms with van der Waals surface area (Å²) in [5, 5.41) is 10.6. The Bertz CT molecular complexity index is 1960. The van der Waals surface area contributed by atoms with Crippen LogP contribution in [-0.2, 0) is 65.4 Å². The van der Waals surface area contributed by atoms with Crippen molar-refractivity contribution in [1.82, 2.24) is 0 Å². The van der Waals surface area contributed by atoms with Crippen molar-refractivity contribution in [1.29, 1.82) is 0 Å². The van der Waals surface area contributed by atoms with Gasteiger partial charge in [0.15, 0.2) is 12.2 Å². The van der Waals surface area contributed by atoms with Crippen LogP contribution >= 0.6 is 15.6 Å². The quantitative estimate of drug-likeness (QED) is 0.0222. The van der Waals surface area contributed by atoms with Gasteiger partial charge in [-0.2, -0.15) is 0 Å². The van der Waals surface area contributed by atoms with Crippen LogP contribution in [0.25, 0.3) is 0 Å². The van der Waals surface area contributed by atoms with E-state index in [1.54, 1.807) is 0 Å². The van der Waals surface area contributed by atoms with Gasteiger partial charge in [-0.25, -0.2) is 9.13 Å². The third-order valence-electron chi connectivity index (χ3n) is 19.5. The summed E-state index contributed by atoms with van der Waals surface area (Å²) in [6, 6.07) is 0. The second kappa shape index (κ2) is 70.1. The van der Waals surface area contributed by atoms with Crippen LogP contribution in [0, 0.1) is 23.7 Å². The number of carbonyl (C=O) groups is 4. The second-order valence-corrected chi connectivity index (χ2v) is 33.5. The molecule has 0 aromatic rings. The highest BCUT2D eigenvalue weighted by molar-refractivity contribution is 7.47. The Morgan fingerprint density at radius 1 is 0.280 bits per heavy atom. The van der Waals surface area contributed by atoms with Gasteiger partial charge in [-0.3, -0.25) is 37.3 Å². The topological polar surface area (TPSA) is 237 Å². The van der Waals surface area contributed by atoms with E-state index in [-0.39, 0.29) is 25.7 Å². The zero-order chi connectivity index (χ0) is 73.8. The van der Waals surface area contributed by atoms with Crippen molar-refractivity contribution in [3.63, 3.8) is 0 Å². The van der Waals surface area contributed by atoms with Crippen molar-refractivity contribution >= 4 is 39.5 Å². The van der Waals surface area contributed by atoms with Crippen LogP contribution in [0.5, 0.6) is 0 Å². The van der Waals surface area contributed by atoms with Crippen molar-refractivity contribution < 1.29 is 80.2 Å². The minimum absolute atomic E-state index is 0.106. The van der Waals surface area contributed by atoms with Gasteiger partial charge in [-0.05, 0) is 49.4 Å². The van der Waals surface area contributed by atoms with Crippen LogP contribution in [0.1, 0.15) is 415 Å². The highest BCUT2D eigenvalue weighted by Crippen LogP contribution is 2.45. The van der Waals surface area contributed by atoms with Crippen molar-refractivity contribution in [3.05, 3.63) is 0 Å². The van der Waals surface area contributed by atoms with Crippen molar-refractivity contribution in [3.8, 4) is 0 Å². The average Bonchev–Trinajstić information content (AvgIpc) is 0.942. The van der Waals surface area contributed by atoms with E-state index in [1.807, 2.05) is 0 Å². The molecule has 0 aromatic carbocycles. The molecule has 0 bridgehead atoms. The first-order valence-corrected chi connectivity index (χ1v) is 44.8. The van der Waals surface area contributed by atoms with Gasteiger partial charge < -0.3 is 33.8 Å². The molecular weight excluding hydrogens is 1310 g/mol. The molecule has 0 rings (SSSR count). The molecule has 0 aliphatic carbocycles. The Hall–Kier alpha value is -1.94. The van der Waals surface area contributed by atoms with Gasteiger partial charge in [0.25, 0.3) is 0 Å². The molecule has 0 heterocycles. The standard InChI is InChI=1S/C81H158O17P2/c1-9-73(7)59-51-43-35-29-25-26-32-38-48-56-64-81(86)97-76(67-91-78(83)61-53-45-36-30-23-19-14-12-11-13-17-21-27-33-41-49-57-71(3)4)69-95-99(87,88)93-65-75(82)66-94-100(89,90)96-70-77(68-92-79(84)62-54-46-40-39-44-52-60-74(8)10-2)98-80(85)63-55-47-37-31-24-20-16-15-18-22-28-34-42-50-58-72(5)6/h71-77,82H,9-70H2,1-8H3,(H,87,88)(H,89,90)/t73?,74?,75-,76-,77-/m1/s1. The van der Waals surface area contributed by atoms with E-state index in [2.05, 4.69) is 55.4 Å². The summed E-state index contributed by atoms with van der Waals surface area (Å²) >= 11 is 0. The Balaban J connectivity index is 5.23. The number of phosphoric acid groups is 2. The minimum atomic E-state index is -4.96. The summed E-state index contributed by atoms with van der Waals surface area (Å²) in [6.45, 7) is 14.3. The molecule has 0 aromatic heterocycles. The Morgan fingerprint density at radius 2 is 0.480 bits per heavy atom. The molecule has 0 aliphatic heterocycles. The largest absolute Gasteiger partial charge is 0.472 e. The first kappa shape index (κ1) is 98.1. The zero-order valence-electron chi connectivity index (χ0n) is 65.8. The monoisotopic (exact) mass is 1470 g/mol. The number of aliphatic hydroxyl groups is 1. The molecule has 4 unspecified atom stereocenters. The summed E-state index contributed by atoms with van der Waals surface area (Å²) in [5.74, 6) is 1.03. The molecule has 100 heavy (non-hydrogen) atoms. The average molecular weight is 1470 g/mol. The first-order chi connectivity index (χ1) is 48.2.